The van der Waals surface area contributed by atoms with Gasteiger partial charge in [0.1, 0.15) is 5.82 Å². The van der Waals surface area contributed by atoms with Crippen molar-refractivity contribution >= 4 is 5.91 Å². The molecule has 1 atom stereocenters. The van der Waals surface area contributed by atoms with E-state index in [9.17, 15) is 4.79 Å². The second-order valence-electron chi connectivity index (χ2n) is 6.17. The monoisotopic (exact) mass is 301 g/mol. The quantitative estimate of drug-likeness (QED) is 0.925. The summed E-state index contributed by atoms with van der Waals surface area (Å²) in [6, 6.07) is 0.212. The molecule has 1 aliphatic heterocycles. The number of carbonyl (C=O) groups is 1. The molecule has 3 heterocycles. The Labute approximate surface area is 130 Å². The highest BCUT2D eigenvalue weighted by molar-refractivity contribution is 5.76. The van der Waals surface area contributed by atoms with Crippen LogP contribution in [0, 0.1) is 13.8 Å². The van der Waals surface area contributed by atoms with E-state index in [2.05, 4.69) is 26.2 Å². The molecule has 118 valence electrons. The van der Waals surface area contributed by atoms with E-state index >= 15 is 0 Å². The van der Waals surface area contributed by atoms with Gasteiger partial charge in [-0.3, -0.25) is 9.48 Å². The number of hydrogen-bond donors (Lipinski definition) is 1. The Morgan fingerprint density at radius 2 is 2.23 bits per heavy atom. The van der Waals surface area contributed by atoms with Crippen LogP contribution in [0.15, 0.2) is 12.4 Å². The predicted octanol–water partition coefficient (Wildman–Crippen LogP) is 1.30. The van der Waals surface area contributed by atoms with Crippen LogP contribution in [0.4, 0.5) is 0 Å². The predicted molar refractivity (Wildman–Crippen MR) is 83.5 cm³/mol. The fourth-order valence-electron chi connectivity index (χ4n) is 3.15. The van der Waals surface area contributed by atoms with E-state index in [1.165, 1.54) is 0 Å². The Bertz CT molecular complexity index is 685. The molecule has 0 radical (unpaired) electrons. The van der Waals surface area contributed by atoms with Gasteiger partial charge in [-0.05, 0) is 32.3 Å². The van der Waals surface area contributed by atoms with E-state index < -0.39 is 0 Å². The van der Waals surface area contributed by atoms with Crippen molar-refractivity contribution in [3.8, 4) is 0 Å². The van der Waals surface area contributed by atoms with Crippen molar-refractivity contribution in [3.05, 3.63) is 35.2 Å². The first-order valence-electron chi connectivity index (χ1n) is 7.82. The second kappa shape index (κ2) is 5.94. The maximum Gasteiger partial charge on any atom is 0.220 e. The Morgan fingerprint density at radius 3 is 2.95 bits per heavy atom. The maximum atomic E-state index is 12.2. The van der Waals surface area contributed by atoms with E-state index in [-0.39, 0.29) is 11.9 Å². The van der Waals surface area contributed by atoms with Gasteiger partial charge < -0.3 is 9.88 Å². The molecule has 0 unspecified atom stereocenters. The number of fused-ring (bicyclic) bond motifs is 1. The van der Waals surface area contributed by atoms with Gasteiger partial charge in [-0.25, -0.2) is 4.98 Å². The second-order valence-corrected chi connectivity index (χ2v) is 6.17. The van der Waals surface area contributed by atoms with Crippen LogP contribution in [0.5, 0.6) is 0 Å². The molecule has 0 aliphatic carbocycles. The Hall–Kier alpha value is -2.11. The number of imidazole rings is 1. The van der Waals surface area contributed by atoms with Crippen molar-refractivity contribution in [3.63, 3.8) is 0 Å². The van der Waals surface area contributed by atoms with Gasteiger partial charge in [0, 0.05) is 44.9 Å². The van der Waals surface area contributed by atoms with Gasteiger partial charge in [-0.2, -0.15) is 5.10 Å². The standard InChI is InChI=1S/C16H23N5O/c1-11-8-21-10-14(5-6-15(21)17-11)18-16(22)7-4-13-9-20(3)19-12(13)2/h8-9,14H,4-7,10H2,1-3H3,(H,18,22)/t14-/m1/s1. The molecule has 2 aromatic heterocycles. The van der Waals surface area contributed by atoms with Crippen LogP contribution in [0.25, 0.3) is 0 Å². The molecule has 0 bridgehead atoms. The van der Waals surface area contributed by atoms with E-state index in [0.717, 1.165) is 48.6 Å². The minimum atomic E-state index is 0.119. The third-order valence-corrected chi connectivity index (χ3v) is 4.21. The van der Waals surface area contributed by atoms with Crippen molar-refractivity contribution in [1.29, 1.82) is 0 Å². The molecule has 22 heavy (non-hydrogen) atoms. The first kappa shape index (κ1) is 14.8. The summed E-state index contributed by atoms with van der Waals surface area (Å²) in [7, 11) is 1.91. The average Bonchev–Trinajstić information content (AvgIpc) is 2.97. The third kappa shape index (κ3) is 3.21. The lowest BCUT2D eigenvalue weighted by Gasteiger charge is -2.24. The molecular formula is C16H23N5O. The minimum Gasteiger partial charge on any atom is -0.352 e. The summed E-state index contributed by atoms with van der Waals surface area (Å²) >= 11 is 0. The molecule has 0 fully saturated rings. The van der Waals surface area contributed by atoms with Crippen molar-refractivity contribution in [1.82, 2.24) is 24.6 Å². The number of rotatable bonds is 4. The van der Waals surface area contributed by atoms with Gasteiger partial charge >= 0.3 is 0 Å². The Kier molecular flexibility index (Phi) is 4.00. The zero-order valence-electron chi connectivity index (χ0n) is 13.5. The van der Waals surface area contributed by atoms with Gasteiger partial charge in [-0.15, -0.1) is 0 Å². The lowest BCUT2D eigenvalue weighted by molar-refractivity contribution is -0.122. The molecule has 0 spiro atoms. The van der Waals surface area contributed by atoms with Crippen molar-refractivity contribution in [2.75, 3.05) is 0 Å². The van der Waals surface area contributed by atoms with Crippen molar-refractivity contribution < 1.29 is 4.79 Å². The van der Waals surface area contributed by atoms with Crippen LogP contribution < -0.4 is 5.32 Å². The Balaban J connectivity index is 1.51. The van der Waals surface area contributed by atoms with E-state index in [1.807, 2.05) is 27.1 Å². The fraction of sp³-hybridized carbons (Fsp3) is 0.562. The summed E-state index contributed by atoms with van der Waals surface area (Å²) in [6.07, 6.45) is 7.21. The van der Waals surface area contributed by atoms with Crippen molar-refractivity contribution in [2.24, 2.45) is 7.05 Å². The largest absolute Gasteiger partial charge is 0.352 e. The molecule has 6 nitrogen and oxygen atoms in total. The molecule has 0 saturated heterocycles. The number of nitrogens with zero attached hydrogens (tertiary/aromatic N) is 4. The first-order chi connectivity index (χ1) is 10.5. The highest BCUT2D eigenvalue weighted by Gasteiger charge is 2.21. The molecule has 6 heteroatoms. The maximum absolute atomic E-state index is 12.2. The molecule has 1 aliphatic rings. The normalized spacial score (nSPS) is 17.3. The highest BCUT2D eigenvalue weighted by Crippen LogP contribution is 2.15. The van der Waals surface area contributed by atoms with Crippen LogP contribution in [-0.2, 0) is 31.2 Å². The van der Waals surface area contributed by atoms with Crippen LogP contribution in [-0.4, -0.2) is 31.3 Å². The summed E-state index contributed by atoms with van der Waals surface area (Å²) in [5, 5.41) is 7.46. The molecule has 3 rings (SSSR count). The van der Waals surface area contributed by atoms with Gasteiger partial charge in [0.05, 0.1) is 11.4 Å². The third-order valence-electron chi connectivity index (χ3n) is 4.21. The Morgan fingerprint density at radius 1 is 1.41 bits per heavy atom. The van der Waals surface area contributed by atoms with Gasteiger partial charge in [0.2, 0.25) is 5.91 Å². The number of aromatic nitrogens is 4. The van der Waals surface area contributed by atoms with Crippen molar-refractivity contribution in [2.45, 2.75) is 52.1 Å². The van der Waals surface area contributed by atoms with Crippen LogP contribution in [0.1, 0.15) is 35.6 Å². The SMILES string of the molecule is Cc1cn2c(n1)CC[C@@H](NC(=O)CCc1cn(C)nc1C)C2. The summed E-state index contributed by atoms with van der Waals surface area (Å²) in [6.45, 7) is 4.82. The van der Waals surface area contributed by atoms with E-state index in [4.69, 9.17) is 0 Å². The molecule has 1 amide bonds. The number of amides is 1. The smallest absolute Gasteiger partial charge is 0.220 e. The summed E-state index contributed by atoms with van der Waals surface area (Å²) < 4.78 is 3.96. The lowest BCUT2D eigenvalue weighted by Crippen LogP contribution is -2.40. The number of carbonyl (C=O) groups excluding carboxylic acids is 1. The molecule has 1 N–H and O–H groups in total. The van der Waals surface area contributed by atoms with Crippen LogP contribution in [0.2, 0.25) is 0 Å². The van der Waals surface area contributed by atoms with Gasteiger partial charge in [-0.1, -0.05) is 0 Å². The topological polar surface area (TPSA) is 64.7 Å². The summed E-state index contributed by atoms with van der Waals surface area (Å²) in [5.74, 6) is 1.25. The summed E-state index contributed by atoms with van der Waals surface area (Å²) in [4.78, 5) is 16.7. The van der Waals surface area contributed by atoms with Gasteiger partial charge in [0.25, 0.3) is 0 Å². The zero-order valence-corrected chi connectivity index (χ0v) is 13.5. The van der Waals surface area contributed by atoms with Crippen LogP contribution in [0.3, 0.4) is 0 Å². The molecule has 0 saturated carbocycles. The minimum absolute atomic E-state index is 0.119. The lowest BCUT2D eigenvalue weighted by atomic mass is 10.1. The highest BCUT2D eigenvalue weighted by atomic mass is 16.1. The molecular weight excluding hydrogens is 278 g/mol. The average molecular weight is 301 g/mol. The zero-order chi connectivity index (χ0) is 15.7. The van der Waals surface area contributed by atoms with Crippen LogP contribution >= 0.6 is 0 Å². The number of hydrogen-bond acceptors (Lipinski definition) is 3. The first-order valence-corrected chi connectivity index (χ1v) is 7.82. The molecule has 0 aromatic carbocycles. The molecule has 2 aromatic rings. The van der Waals surface area contributed by atoms with E-state index in [0.29, 0.717) is 6.42 Å². The fourth-order valence-corrected chi connectivity index (χ4v) is 3.15. The number of aryl methyl sites for hydroxylation is 5. The van der Waals surface area contributed by atoms with E-state index in [1.54, 1.807) is 4.68 Å². The summed E-state index contributed by atoms with van der Waals surface area (Å²) in [5.41, 5.74) is 3.20. The van der Waals surface area contributed by atoms with Gasteiger partial charge in [0.15, 0.2) is 0 Å². The number of nitrogens with one attached hydrogen (secondary N) is 1.